The first-order chi connectivity index (χ1) is 13.3. The van der Waals surface area contributed by atoms with Gasteiger partial charge in [-0.15, -0.1) is 0 Å². The number of ether oxygens (including phenoxy) is 2. The van der Waals surface area contributed by atoms with Crippen LogP contribution in [-0.2, 0) is 19.1 Å². The van der Waals surface area contributed by atoms with E-state index in [1.165, 1.54) is 6.07 Å². The molecule has 2 rings (SSSR count). The van der Waals surface area contributed by atoms with E-state index >= 15 is 0 Å². The van der Waals surface area contributed by atoms with Crippen LogP contribution >= 0.6 is 0 Å². The quantitative estimate of drug-likeness (QED) is 0.426. The van der Waals surface area contributed by atoms with Gasteiger partial charge < -0.3 is 14.6 Å². The van der Waals surface area contributed by atoms with Gasteiger partial charge in [0.05, 0.1) is 24.7 Å². The number of rotatable bonds is 8. The zero-order chi connectivity index (χ0) is 20.8. The van der Waals surface area contributed by atoms with Crippen molar-refractivity contribution in [1.29, 1.82) is 0 Å². The number of esters is 2. The molecule has 0 saturated carbocycles. The number of carbonyl (C=O) groups excluding carboxylic acids is 3. The highest BCUT2D eigenvalue weighted by Crippen LogP contribution is 2.33. The molecule has 6 heteroatoms. The van der Waals surface area contributed by atoms with E-state index in [-0.39, 0.29) is 35.7 Å². The molecule has 6 nitrogen and oxygen atoms in total. The highest BCUT2D eigenvalue weighted by molar-refractivity contribution is 6.14. The van der Waals surface area contributed by atoms with Gasteiger partial charge >= 0.3 is 11.9 Å². The molecule has 0 bridgehead atoms. The largest absolute Gasteiger partial charge is 0.507 e. The highest BCUT2D eigenvalue weighted by atomic mass is 16.5. The molecule has 0 aliphatic heterocycles. The number of ketones is 1. The molecule has 0 aromatic heterocycles. The van der Waals surface area contributed by atoms with E-state index in [4.69, 9.17) is 9.47 Å². The van der Waals surface area contributed by atoms with Crippen LogP contribution in [0.15, 0.2) is 60.7 Å². The fourth-order valence-electron chi connectivity index (χ4n) is 2.82. The Morgan fingerprint density at radius 3 is 2.00 bits per heavy atom. The normalized spacial score (nSPS) is 10.5. The maximum absolute atomic E-state index is 13.2. The standard InChI is InChI=1S/C22H22O6/c1-5-27-21(25)13(3)18(14(4)22(26)28-6-2)20(24)17-12-11-15-9-7-8-10-16(15)19(17)23/h7-12,18,23H,3-6H2,1-2H3. The molecular formula is C22H22O6. The van der Waals surface area contributed by atoms with Gasteiger partial charge in [0.1, 0.15) is 5.75 Å². The van der Waals surface area contributed by atoms with Crippen molar-refractivity contribution in [2.24, 2.45) is 5.92 Å². The Morgan fingerprint density at radius 2 is 1.46 bits per heavy atom. The van der Waals surface area contributed by atoms with Gasteiger partial charge in [-0.25, -0.2) is 9.59 Å². The monoisotopic (exact) mass is 382 g/mol. The number of benzene rings is 2. The predicted molar refractivity (Wildman–Crippen MR) is 105 cm³/mol. The van der Waals surface area contributed by atoms with Crippen molar-refractivity contribution in [3.63, 3.8) is 0 Å². The summed E-state index contributed by atoms with van der Waals surface area (Å²) in [5.41, 5.74) is -0.561. The van der Waals surface area contributed by atoms with Crippen LogP contribution in [0.5, 0.6) is 5.75 Å². The molecule has 0 radical (unpaired) electrons. The van der Waals surface area contributed by atoms with E-state index in [1.54, 1.807) is 44.2 Å². The average Bonchev–Trinajstić information content (AvgIpc) is 2.68. The van der Waals surface area contributed by atoms with E-state index in [1.807, 2.05) is 0 Å². The number of aromatic hydroxyl groups is 1. The minimum Gasteiger partial charge on any atom is -0.507 e. The molecule has 0 amide bonds. The minimum atomic E-state index is -1.41. The van der Waals surface area contributed by atoms with E-state index in [2.05, 4.69) is 13.2 Å². The molecule has 0 aliphatic carbocycles. The van der Waals surface area contributed by atoms with Crippen molar-refractivity contribution in [2.75, 3.05) is 13.2 Å². The van der Waals surface area contributed by atoms with Crippen molar-refractivity contribution in [2.45, 2.75) is 13.8 Å². The summed E-state index contributed by atoms with van der Waals surface area (Å²) in [5, 5.41) is 11.8. The molecule has 0 saturated heterocycles. The molecule has 0 atom stereocenters. The average molecular weight is 382 g/mol. The Balaban J connectivity index is 2.53. The van der Waals surface area contributed by atoms with Crippen molar-refractivity contribution >= 4 is 28.5 Å². The lowest BCUT2D eigenvalue weighted by Crippen LogP contribution is -2.28. The van der Waals surface area contributed by atoms with Gasteiger partial charge in [0.15, 0.2) is 5.78 Å². The maximum atomic E-state index is 13.2. The van der Waals surface area contributed by atoms with E-state index < -0.39 is 23.6 Å². The number of Topliss-reactive ketones (excluding diaryl/α,β-unsaturated/α-hetero) is 1. The Morgan fingerprint density at radius 1 is 0.929 bits per heavy atom. The Kier molecular flexibility index (Phi) is 6.71. The van der Waals surface area contributed by atoms with Gasteiger partial charge in [-0.2, -0.15) is 0 Å². The molecule has 146 valence electrons. The van der Waals surface area contributed by atoms with E-state index in [0.717, 1.165) is 5.39 Å². The summed E-state index contributed by atoms with van der Waals surface area (Å²) in [7, 11) is 0. The van der Waals surface area contributed by atoms with Crippen LogP contribution in [-0.4, -0.2) is 36.0 Å². The lowest BCUT2D eigenvalue weighted by Gasteiger charge is -2.20. The first-order valence-corrected chi connectivity index (χ1v) is 8.80. The summed E-state index contributed by atoms with van der Waals surface area (Å²) in [6, 6.07) is 10.1. The number of hydrogen-bond donors (Lipinski definition) is 1. The van der Waals surface area contributed by atoms with Crippen LogP contribution in [0.3, 0.4) is 0 Å². The Bertz CT molecular complexity index is 927. The van der Waals surface area contributed by atoms with Gasteiger partial charge in [-0.3, -0.25) is 4.79 Å². The lowest BCUT2D eigenvalue weighted by atomic mass is 9.84. The molecule has 0 fully saturated rings. The molecular weight excluding hydrogens is 360 g/mol. The summed E-state index contributed by atoms with van der Waals surface area (Å²) >= 11 is 0. The number of phenols is 1. The van der Waals surface area contributed by atoms with E-state index in [0.29, 0.717) is 5.39 Å². The molecule has 1 N–H and O–H groups in total. The number of carbonyl (C=O) groups is 3. The van der Waals surface area contributed by atoms with Crippen LogP contribution < -0.4 is 0 Å². The fourth-order valence-corrected chi connectivity index (χ4v) is 2.82. The van der Waals surface area contributed by atoms with Crippen LogP contribution in [0.2, 0.25) is 0 Å². The van der Waals surface area contributed by atoms with Crippen LogP contribution in [0, 0.1) is 5.92 Å². The lowest BCUT2D eigenvalue weighted by molar-refractivity contribution is -0.139. The van der Waals surface area contributed by atoms with Gasteiger partial charge in [0, 0.05) is 16.5 Å². The van der Waals surface area contributed by atoms with Gasteiger partial charge in [0.25, 0.3) is 0 Å². The van der Waals surface area contributed by atoms with Crippen molar-refractivity contribution in [1.82, 2.24) is 0 Å². The van der Waals surface area contributed by atoms with Crippen LogP contribution in [0.1, 0.15) is 24.2 Å². The fraction of sp³-hybridized carbons (Fsp3) is 0.227. The first-order valence-electron chi connectivity index (χ1n) is 8.80. The predicted octanol–water partition coefficient (Wildman–Crippen LogP) is 3.58. The van der Waals surface area contributed by atoms with Crippen LogP contribution in [0.25, 0.3) is 10.8 Å². The second-order valence-corrected chi connectivity index (χ2v) is 5.97. The topological polar surface area (TPSA) is 89.9 Å². The zero-order valence-corrected chi connectivity index (χ0v) is 15.9. The van der Waals surface area contributed by atoms with Crippen molar-refractivity contribution in [3.05, 3.63) is 66.3 Å². The second-order valence-electron chi connectivity index (χ2n) is 5.97. The summed E-state index contributed by atoms with van der Waals surface area (Å²) in [5.74, 6) is -4.01. The van der Waals surface area contributed by atoms with Crippen molar-refractivity contribution in [3.8, 4) is 5.75 Å². The third-order valence-electron chi connectivity index (χ3n) is 4.20. The first kappa shape index (κ1) is 20.9. The third kappa shape index (κ3) is 4.11. The maximum Gasteiger partial charge on any atom is 0.334 e. The zero-order valence-electron chi connectivity index (χ0n) is 15.9. The van der Waals surface area contributed by atoms with Gasteiger partial charge in [-0.1, -0.05) is 43.5 Å². The Labute approximate surface area is 163 Å². The molecule has 2 aromatic carbocycles. The minimum absolute atomic E-state index is 0.0559. The summed E-state index contributed by atoms with van der Waals surface area (Å²) in [6.07, 6.45) is 0. The molecule has 0 heterocycles. The molecule has 0 spiro atoms. The highest BCUT2D eigenvalue weighted by Gasteiger charge is 2.35. The summed E-state index contributed by atoms with van der Waals surface area (Å²) < 4.78 is 9.83. The molecule has 2 aromatic rings. The summed E-state index contributed by atoms with van der Waals surface area (Å²) in [6.45, 7) is 10.6. The molecule has 0 unspecified atom stereocenters. The number of fused-ring (bicyclic) bond motifs is 1. The van der Waals surface area contributed by atoms with Gasteiger partial charge in [-0.05, 0) is 25.3 Å². The smallest absolute Gasteiger partial charge is 0.334 e. The number of phenolic OH excluding ortho intramolecular Hbond substituents is 1. The molecule has 28 heavy (non-hydrogen) atoms. The second kappa shape index (κ2) is 8.99. The SMILES string of the molecule is C=C(C(=O)OCC)C(C(=C)C(=O)OCC)C(=O)c1ccc2ccccc2c1O. The van der Waals surface area contributed by atoms with Gasteiger partial charge in [0.2, 0.25) is 0 Å². The summed E-state index contributed by atoms with van der Waals surface area (Å²) in [4.78, 5) is 37.6. The number of hydrogen-bond acceptors (Lipinski definition) is 6. The Hall–Kier alpha value is -3.41. The van der Waals surface area contributed by atoms with Crippen molar-refractivity contribution < 1.29 is 29.0 Å². The van der Waals surface area contributed by atoms with Crippen LogP contribution in [0.4, 0.5) is 0 Å². The third-order valence-corrected chi connectivity index (χ3v) is 4.20. The van der Waals surface area contributed by atoms with E-state index in [9.17, 15) is 19.5 Å². The molecule has 0 aliphatic rings.